The van der Waals surface area contributed by atoms with Crippen LogP contribution in [-0.2, 0) is 6.42 Å². The van der Waals surface area contributed by atoms with Crippen LogP contribution in [0.2, 0.25) is 0 Å². The van der Waals surface area contributed by atoms with Crippen LogP contribution in [0.25, 0.3) is 0 Å². The molecule has 0 heteroatoms. The first-order valence-corrected chi connectivity index (χ1v) is 6.69. The third-order valence-corrected chi connectivity index (χ3v) is 3.15. The van der Waals surface area contributed by atoms with Crippen molar-refractivity contribution in [2.45, 2.75) is 59.3 Å². The van der Waals surface area contributed by atoms with Gasteiger partial charge in [0.15, 0.2) is 0 Å². The number of aryl methyl sites for hydroxylation is 1. The van der Waals surface area contributed by atoms with Crippen LogP contribution in [-0.4, -0.2) is 0 Å². The number of benzene rings is 1. The Hall–Kier alpha value is -0.780. The van der Waals surface area contributed by atoms with Gasteiger partial charge in [-0.25, -0.2) is 0 Å². The lowest BCUT2D eigenvalue weighted by molar-refractivity contribution is 0.537. The van der Waals surface area contributed by atoms with E-state index in [1.165, 1.54) is 31.2 Å². The van der Waals surface area contributed by atoms with Crippen LogP contribution in [0.4, 0.5) is 0 Å². The summed E-state index contributed by atoms with van der Waals surface area (Å²) in [4.78, 5) is 0. The molecular formula is C16H26. The van der Waals surface area contributed by atoms with E-state index in [0.29, 0.717) is 5.92 Å². The van der Waals surface area contributed by atoms with E-state index in [-0.39, 0.29) is 0 Å². The zero-order valence-corrected chi connectivity index (χ0v) is 11.3. The average Bonchev–Trinajstić information content (AvgIpc) is 2.24. The molecule has 1 rings (SSSR count). The third-order valence-electron chi connectivity index (χ3n) is 3.15. The molecule has 0 amide bonds. The van der Waals surface area contributed by atoms with Crippen LogP contribution in [0.15, 0.2) is 24.3 Å². The van der Waals surface area contributed by atoms with Gasteiger partial charge in [0.1, 0.15) is 0 Å². The zero-order valence-electron chi connectivity index (χ0n) is 11.3. The van der Waals surface area contributed by atoms with Crippen LogP contribution >= 0.6 is 0 Å². The van der Waals surface area contributed by atoms with Gasteiger partial charge in [-0.3, -0.25) is 0 Å². The zero-order chi connectivity index (χ0) is 12.0. The summed E-state index contributed by atoms with van der Waals surface area (Å²) in [5, 5.41) is 0. The van der Waals surface area contributed by atoms with Gasteiger partial charge in [0.25, 0.3) is 0 Å². The van der Waals surface area contributed by atoms with Crippen molar-refractivity contribution >= 4 is 0 Å². The Balaban J connectivity index is 2.47. The molecule has 1 aromatic rings. The minimum Gasteiger partial charge on any atom is -0.0628 e. The maximum absolute atomic E-state index is 2.31. The predicted octanol–water partition coefficient (Wildman–Crippen LogP) is 5.18. The van der Waals surface area contributed by atoms with E-state index in [2.05, 4.69) is 52.0 Å². The lowest BCUT2D eigenvalue weighted by atomic mass is 9.93. The topological polar surface area (TPSA) is 0 Å². The number of unbranched alkanes of at least 4 members (excludes halogenated alkanes) is 1. The van der Waals surface area contributed by atoms with E-state index in [1.807, 2.05) is 0 Å². The normalized spacial score (nSPS) is 11.4. The molecular weight excluding hydrogens is 192 g/mol. The lowest BCUT2D eigenvalue weighted by Crippen LogP contribution is -1.97. The van der Waals surface area contributed by atoms with Crippen molar-refractivity contribution in [2.24, 2.45) is 5.92 Å². The standard InChI is InChI=1S/C16H26/c1-13(2)9-5-6-10-15-11-7-8-12-16(15)14(3)4/h7-8,11-14H,5-6,9-10H2,1-4H3. The number of hydrogen-bond acceptors (Lipinski definition) is 0. The van der Waals surface area contributed by atoms with Gasteiger partial charge >= 0.3 is 0 Å². The monoisotopic (exact) mass is 218 g/mol. The molecule has 0 spiro atoms. The van der Waals surface area contributed by atoms with E-state index in [1.54, 1.807) is 5.56 Å². The highest BCUT2D eigenvalue weighted by Gasteiger charge is 2.05. The molecule has 0 nitrogen and oxygen atoms in total. The van der Waals surface area contributed by atoms with E-state index in [4.69, 9.17) is 0 Å². The second-order valence-electron chi connectivity index (χ2n) is 5.49. The molecule has 1 aromatic carbocycles. The highest BCUT2D eigenvalue weighted by molar-refractivity contribution is 5.29. The summed E-state index contributed by atoms with van der Waals surface area (Å²) in [5.41, 5.74) is 3.09. The van der Waals surface area contributed by atoms with Crippen LogP contribution in [0.1, 0.15) is 64.0 Å². The van der Waals surface area contributed by atoms with E-state index in [0.717, 1.165) is 5.92 Å². The quantitative estimate of drug-likeness (QED) is 0.577. The van der Waals surface area contributed by atoms with E-state index >= 15 is 0 Å². The fraction of sp³-hybridized carbons (Fsp3) is 0.625. The summed E-state index contributed by atoms with van der Waals surface area (Å²) in [6.07, 6.45) is 5.32. The van der Waals surface area contributed by atoms with Crippen LogP contribution in [0, 0.1) is 5.92 Å². The van der Waals surface area contributed by atoms with Gasteiger partial charge in [0.2, 0.25) is 0 Å². The molecule has 0 atom stereocenters. The van der Waals surface area contributed by atoms with Gasteiger partial charge in [-0.1, -0.05) is 64.8 Å². The van der Waals surface area contributed by atoms with Gasteiger partial charge in [-0.2, -0.15) is 0 Å². The molecule has 0 aromatic heterocycles. The van der Waals surface area contributed by atoms with Crippen molar-refractivity contribution in [1.29, 1.82) is 0 Å². The van der Waals surface area contributed by atoms with Crippen LogP contribution in [0.5, 0.6) is 0 Å². The molecule has 0 unspecified atom stereocenters. The fourth-order valence-corrected chi connectivity index (χ4v) is 2.19. The second-order valence-corrected chi connectivity index (χ2v) is 5.49. The maximum Gasteiger partial charge on any atom is -0.0216 e. The van der Waals surface area contributed by atoms with Gasteiger partial charge in [0.05, 0.1) is 0 Å². The minimum absolute atomic E-state index is 0.654. The van der Waals surface area contributed by atoms with Crippen molar-refractivity contribution in [3.63, 3.8) is 0 Å². The Morgan fingerprint density at radius 1 is 0.938 bits per heavy atom. The Morgan fingerprint density at radius 3 is 2.25 bits per heavy atom. The van der Waals surface area contributed by atoms with Crippen LogP contribution in [0.3, 0.4) is 0 Å². The highest BCUT2D eigenvalue weighted by atomic mass is 14.1. The summed E-state index contributed by atoms with van der Waals surface area (Å²) < 4.78 is 0. The van der Waals surface area contributed by atoms with Gasteiger partial charge < -0.3 is 0 Å². The molecule has 0 heterocycles. The summed E-state index contributed by atoms with van der Waals surface area (Å²) >= 11 is 0. The first-order valence-electron chi connectivity index (χ1n) is 6.69. The second kappa shape index (κ2) is 6.73. The van der Waals surface area contributed by atoms with Crippen LogP contribution < -0.4 is 0 Å². The first kappa shape index (κ1) is 13.3. The number of hydrogen-bond donors (Lipinski definition) is 0. The molecule has 16 heavy (non-hydrogen) atoms. The average molecular weight is 218 g/mol. The largest absolute Gasteiger partial charge is 0.0628 e. The third kappa shape index (κ3) is 4.38. The lowest BCUT2D eigenvalue weighted by Gasteiger charge is -2.12. The highest BCUT2D eigenvalue weighted by Crippen LogP contribution is 2.21. The smallest absolute Gasteiger partial charge is 0.0216 e. The molecule has 0 N–H and O–H groups in total. The summed E-state index contributed by atoms with van der Waals surface area (Å²) in [6.45, 7) is 9.18. The van der Waals surface area contributed by atoms with E-state index in [9.17, 15) is 0 Å². The minimum atomic E-state index is 0.654. The van der Waals surface area contributed by atoms with Crippen molar-refractivity contribution in [3.8, 4) is 0 Å². The van der Waals surface area contributed by atoms with Gasteiger partial charge in [0, 0.05) is 0 Å². The molecule has 0 bridgehead atoms. The summed E-state index contributed by atoms with van der Waals surface area (Å²) in [7, 11) is 0. The van der Waals surface area contributed by atoms with Crippen molar-refractivity contribution in [2.75, 3.05) is 0 Å². The van der Waals surface area contributed by atoms with Crippen molar-refractivity contribution in [3.05, 3.63) is 35.4 Å². The molecule has 0 saturated carbocycles. The molecule has 0 aliphatic rings. The molecule has 90 valence electrons. The van der Waals surface area contributed by atoms with Crippen molar-refractivity contribution in [1.82, 2.24) is 0 Å². The molecule has 0 radical (unpaired) electrons. The van der Waals surface area contributed by atoms with Crippen molar-refractivity contribution < 1.29 is 0 Å². The van der Waals surface area contributed by atoms with Gasteiger partial charge in [-0.15, -0.1) is 0 Å². The van der Waals surface area contributed by atoms with E-state index < -0.39 is 0 Å². The summed E-state index contributed by atoms with van der Waals surface area (Å²) in [5.74, 6) is 1.50. The Kier molecular flexibility index (Phi) is 5.59. The Morgan fingerprint density at radius 2 is 1.62 bits per heavy atom. The Bertz CT molecular complexity index is 297. The number of rotatable bonds is 6. The SMILES string of the molecule is CC(C)CCCCc1ccccc1C(C)C. The molecule has 0 aliphatic carbocycles. The first-order chi connectivity index (χ1) is 7.61. The summed E-state index contributed by atoms with van der Waals surface area (Å²) in [6, 6.07) is 8.91. The molecule has 0 saturated heterocycles. The molecule has 0 aliphatic heterocycles. The fourth-order valence-electron chi connectivity index (χ4n) is 2.19. The molecule has 0 fully saturated rings. The predicted molar refractivity (Wildman–Crippen MR) is 72.9 cm³/mol. The maximum atomic E-state index is 2.31. The Labute approximate surface area is 101 Å². The van der Waals surface area contributed by atoms with Gasteiger partial charge in [-0.05, 0) is 35.8 Å².